The number of rotatable bonds is 1. The molecule has 0 aromatic rings. The molecule has 0 fully saturated rings. The van der Waals surface area contributed by atoms with Crippen LogP contribution < -0.4 is 0 Å². The standard InChI is InChI=1S/C10H18P/c1-8-6-5-7-10(2,3)9(8)11-4/h5-7H2,1-4H3. The van der Waals surface area contributed by atoms with E-state index in [0.29, 0.717) is 5.41 Å². The summed E-state index contributed by atoms with van der Waals surface area (Å²) in [6.45, 7) is 9.31. The Hall–Kier alpha value is 0.170. The minimum atomic E-state index is 0.485. The Labute approximate surface area is 72.2 Å². The van der Waals surface area contributed by atoms with Crippen molar-refractivity contribution in [2.45, 2.75) is 40.0 Å². The molecule has 1 heteroatoms. The molecule has 1 radical (unpaired) electrons. The highest BCUT2D eigenvalue weighted by atomic mass is 31.1. The van der Waals surface area contributed by atoms with Crippen LogP contribution in [0.4, 0.5) is 0 Å². The van der Waals surface area contributed by atoms with Crippen LogP contribution in [0.15, 0.2) is 10.9 Å². The third-order valence-corrected chi connectivity index (χ3v) is 4.06. The first kappa shape index (κ1) is 9.26. The summed E-state index contributed by atoms with van der Waals surface area (Å²) in [4.78, 5) is 0. The second-order valence-corrected chi connectivity index (χ2v) is 4.98. The molecule has 0 aromatic carbocycles. The Bertz CT molecular complexity index is 177. The van der Waals surface area contributed by atoms with Crippen LogP contribution in [-0.2, 0) is 0 Å². The van der Waals surface area contributed by atoms with Gasteiger partial charge in [0.25, 0.3) is 0 Å². The van der Waals surface area contributed by atoms with E-state index in [4.69, 9.17) is 0 Å². The molecule has 0 aromatic heterocycles. The largest absolute Gasteiger partial charge is 0.0688 e. The fourth-order valence-electron chi connectivity index (χ4n) is 2.10. The van der Waals surface area contributed by atoms with Gasteiger partial charge in [-0.25, -0.2) is 0 Å². The first-order valence-electron chi connectivity index (χ1n) is 4.38. The van der Waals surface area contributed by atoms with Crippen molar-refractivity contribution in [2.75, 3.05) is 6.66 Å². The summed E-state index contributed by atoms with van der Waals surface area (Å²) < 4.78 is 0. The van der Waals surface area contributed by atoms with Gasteiger partial charge in [0.15, 0.2) is 0 Å². The predicted molar refractivity (Wildman–Crippen MR) is 53.2 cm³/mol. The van der Waals surface area contributed by atoms with Gasteiger partial charge < -0.3 is 0 Å². The Morgan fingerprint density at radius 3 is 2.36 bits per heavy atom. The van der Waals surface area contributed by atoms with Gasteiger partial charge in [-0.2, -0.15) is 0 Å². The van der Waals surface area contributed by atoms with Crippen LogP contribution in [0.1, 0.15) is 40.0 Å². The van der Waals surface area contributed by atoms with Crippen molar-refractivity contribution in [3.8, 4) is 0 Å². The zero-order chi connectivity index (χ0) is 8.48. The van der Waals surface area contributed by atoms with E-state index in [1.54, 1.807) is 10.9 Å². The fourth-order valence-corrected chi connectivity index (χ4v) is 3.31. The molecule has 0 saturated heterocycles. The maximum Gasteiger partial charge on any atom is -0.00962 e. The van der Waals surface area contributed by atoms with E-state index in [0.717, 1.165) is 0 Å². The molecule has 0 unspecified atom stereocenters. The van der Waals surface area contributed by atoms with E-state index in [-0.39, 0.29) is 0 Å². The summed E-state index contributed by atoms with van der Waals surface area (Å²) >= 11 is 0. The van der Waals surface area contributed by atoms with Crippen LogP contribution in [0.3, 0.4) is 0 Å². The molecule has 1 aliphatic carbocycles. The smallest absolute Gasteiger partial charge is 0.00962 e. The highest BCUT2D eigenvalue weighted by Gasteiger charge is 2.27. The molecule has 0 heterocycles. The molecular formula is C10H18P. The maximum atomic E-state index is 2.38. The highest BCUT2D eigenvalue weighted by molar-refractivity contribution is 7.42. The minimum absolute atomic E-state index is 0.485. The van der Waals surface area contributed by atoms with Gasteiger partial charge in [-0.15, -0.1) is 0 Å². The molecule has 0 aliphatic heterocycles. The van der Waals surface area contributed by atoms with Gasteiger partial charge in [-0.3, -0.25) is 0 Å². The Morgan fingerprint density at radius 1 is 1.36 bits per heavy atom. The quantitative estimate of drug-likeness (QED) is 0.519. The van der Waals surface area contributed by atoms with Gasteiger partial charge in [0.1, 0.15) is 0 Å². The van der Waals surface area contributed by atoms with Crippen molar-refractivity contribution in [1.29, 1.82) is 0 Å². The maximum absolute atomic E-state index is 2.38. The average Bonchev–Trinajstić information content (AvgIpc) is 1.86. The normalized spacial score (nSPS) is 25.1. The van der Waals surface area contributed by atoms with Gasteiger partial charge >= 0.3 is 0 Å². The third-order valence-electron chi connectivity index (χ3n) is 2.62. The van der Waals surface area contributed by atoms with E-state index in [2.05, 4.69) is 27.4 Å². The molecule has 1 aliphatic rings. The number of hydrogen-bond acceptors (Lipinski definition) is 0. The van der Waals surface area contributed by atoms with Crippen molar-refractivity contribution >= 4 is 8.58 Å². The predicted octanol–water partition coefficient (Wildman–Crippen LogP) is 4.05. The zero-order valence-corrected chi connectivity index (χ0v) is 8.96. The lowest BCUT2D eigenvalue weighted by Gasteiger charge is -2.33. The van der Waals surface area contributed by atoms with Gasteiger partial charge in [0.05, 0.1) is 0 Å². The lowest BCUT2D eigenvalue weighted by Crippen LogP contribution is -2.17. The molecule has 0 saturated carbocycles. The summed E-state index contributed by atoms with van der Waals surface area (Å²) in [5, 5.41) is 1.68. The van der Waals surface area contributed by atoms with Crippen molar-refractivity contribution in [3.63, 3.8) is 0 Å². The third kappa shape index (κ3) is 1.85. The molecule has 1 rings (SSSR count). The SMILES string of the molecule is C[P]C1=C(C)CCCC1(C)C. The van der Waals surface area contributed by atoms with E-state index < -0.39 is 0 Å². The van der Waals surface area contributed by atoms with Gasteiger partial charge in [0, 0.05) is 0 Å². The zero-order valence-electron chi connectivity index (χ0n) is 8.07. The van der Waals surface area contributed by atoms with Gasteiger partial charge in [0.2, 0.25) is 0 Å². The van der Waals surface area contributed by atoms with Crippen LogP contribution >= 0.6 is 8.58 Å². The van der Waals surface area contributed by atoms with Crippen molar-refractivity contribution in [1.82, 2.24) is 0 Å². The lowest BCUT2D eigenvalue weighted by molar-refractivity contribution is 0.388. The molecule has 0 bridgehead atoms. The molecule has 0 atom stereocenters. The van der Waals surface area contributed by atoms with Gasteiger partial charge in [-0.1, -0.05) is 28.0 Å². The van der Waals surface area contributed by atoms with Crippen LogP contribution in [0.5, 0.6) is 0 Å². The molecule has 63 valence electrons. The van der Waals surface area contributed by atoms with E-state index >= 15 is 0 Å². The second kappa shape index (κ2) is 3.27. The topological polar surface area (TPSA) is 0 Å². The highest BCUT2D eigenvalue weighted by Crippen LogP contribution is 2.47. The van der Waals surface area contributed by atoms with Gasteiger partial charge in [-0.05, 0) is 43.6 Å². The summed E-state index contributed by atoms with van der Waals surface area (Å²) in [6, 6.07) is 0. The number of allylic oxidation sites excluding steroid dienone is 2. The van der Waals surface area contributed by atoms with E-state index in [1.165, 1.54) is 27.8 Å². The summed E-state index contributed by atoms with van der Waals surface area (Å²) in [5.41, 5.74) is 2.13. The van der Waals surface area contributed by atoms with Crippen LogP contribution in [-0.4, -0.2) is 6.66 Å². The monoisotopic (exact) mass is 169 g/mol. The fraction of sp³-hybridized carbons (Fsp3) is 0.800. The summed E-state index contributed by atoms with van der Waals surface area (Å²) in [6.07, 6.45) is 4.10. The molecule has 11 heavy (non-hydrogen) atoms. The van der Waals surface area contributed by atoms with Crippen LogP contribution in [0.25, 0.3) is 0 Å². The first-order chi connectivity index (χ1) is 5.08. The first-order valence-corrected chi connectivity index (χ1v) is 5.72. The van der Waals surface area contributed by atoms with Crippen molar-refractivity contribution in [3.05, 3.63) is 10.9 Å². The summed E-state index contributed by atoms with van der Waals surface area (Å²) in [5.74, 6) is 0. The molecular weight excluding hydrogens is 151 g/mol. The molecule has 0 N–H and O–H groups in total. The molecule has 0 nitrogen and oxygen atoms in total. The lowest BCUT2D eigenvalue weighted by atomic mass is 9.80. The van der Waals surface area contributed by atoms with E-state index in [1.807, 2.05) is 0 Å². The summed E-state index contributed by atoms with van der Waals surface area (Å²) in [7, 11) is 1.48. The molecule has 0 spiro atoms. The Morgan fingerprint density at radius 2 is 2.00 bits per heavy atom. The second-order valence-electron chi connectivity index (χ2n) is 4.09. The average molecular weight is 169 g/mol. The minimum Gasteiger partial charge on any atom is -0.0688 e. The number of hydrogen-bond donors (Lipinski definition) is 0. The Balaban J connectivity index is 2.92. The Kier molecular flexibility index (Phi) is 2.75. The van der Waals surface area contributed by atoms with Crippen LogP contribution in [0, 0.1) is 5.41 Å². The van der Waals surface area contributed by atoms with Crippen molar-refractivity contribution < 1.29 is 0 Å². The van der Waals surface area contributed by atoms with Crippen molar-refractivity contribution in [2.24, 2.45) is 5.41 Å². The van der Waals surface area contributed by atoms with E-state index in [9.17, 15) is 0 Å². The molecule has 0 amide bonds. The van der Waals surface area contributed by atoms with Crippen LogP contribution in [0.2, 0.25) is 0 Å².